The fourth-order valence-corrected chi connectivity index (χ4v) is 5.63. The number of Topliss-reactive ketones (excluding diaryl/α,β-unsaturated/α-hetero) is 2. The SMILES string of the molecule is C=CCc1cc(C2C3=C(CC(C)(C)CC3=O)OC3=C2C(=O)CC(C)(C)C3)cc(OC)c1OCC. The lowest BCUT2D eigenvalue weighted by Gasteiger charge is -2.42. The fraction of sp³-hybridized carbons (Fsp3) is 0.517. The molecule has 182 valence electrons. The lowest BCUT2D eigenvalue weighted by atomic mass is 9.65. The van der Waals surface area contributed by atoms with Crippen LogP contribution in [-0.2, 0) is 20.7 Å². The lowest BCUT2D eigenvalue weighted by molar-refractivity contribution is -0.120. The van der Waals surface area contributed by atoms with Crippen molar-refractivity contribution in [1.82, 2.24) is 0 Å². The molecule has 0 bridgehead atoms. The third kappa shape index (κ3) is 4.33. The molecule has 1 aromatic rings. The van der Waals surface area contributed by atoms with Gasteiger partial charge in [-0.3, -0.25) is 9.59 Å². The molecule has 5 nitrogen and oxygen atoms in total. The Morgan fingerprint density at radius 1 is 1.00 bits per heavy atom. The van der Waals surface area contributed by atoms with E-state index in [0.717, 1.165) is 11.1 Å². The van der Waals surface area contributed by atoms with Crippen LogP contribution >= 0.6 is 0 Å². The number of methoxy groups -OCH3 is 1. The van der Waals surface area contributed by atoms with Gasteiger partial charge in [0, 0.05) is 48.3 Å². The Hall–Kier alpha value is -2.82. The summed E-state index contributed by atoms with van der Waals surface area (Å²) in [5.41, 5.74) is 2.67. The minimum absolute atomic E-state index is 0.0542. The van der Waals surface area contributed by atoms with Gasteiger partial charge in [0.1, 0.15) is 11.5 Å². The quantitative estimate of drug-likeness (QED) is 0.468. The van der Waals surface area contributed by atoms with Crippen LogP contribution in [0.15, 0.2) is 47.5 Å². The van der Waals surface area contributed by atoms with E-state index >= 15 is 0 Å². The molecule has 3 aliphatic rings. The topological polar surface area (TPSA) is 61.8 Å². The number of ketones is 2. The van der Waals surface area contributed by atoms with Crippen LogP contribution in [0.1, 0.15) is 77.3 Å². The van der Waals surface area contributed by atoms with E-state index in [9.17, 15) is 9.59 Å². The summed E-state index contributed by atoms with van der Waals surface area (Å²) in [4.78, 5) is 27.1. The van der Waals surface area contributed by atoms with Gasteiger partial charge in [0.05, 0.1) is 13.7 Å². The van der Waals surface area contributed by atoms with Gasteiger partial charge in [-0.05, 0) is 35.8 Å². The van der Waals surface area contributed by atoms with Gasteiger partial charge in [0.15, 0.2) is 23.1 Å². The van der Waals surface area contributed by atoms with E-state index in [2.05, 4.69) is 34.3 Å². The first-order valence-corrected chi connectivity index (χ1v) is 12.1. The summed E-state index contributed by atoms with van der Waals surface area (Å²) >= 11 is 0. The Kier molecular flexibility index (Phi) is 6.26. The first kappa shape index (κ1) is 24.3. The van der Waals surface area contributed by atoms with Gasteiger partial charge >= 0.3 is 0 Å². The molecule has 1 aromatic carbocycles. The Bertz CT molecular complexity index is 1060. The van der Waals surface area contributed by atoms with Gasteiger partial charge < -0.3 is 14.2 Å². The van der Waals surface area contributed by atoms with Crippen molar-refractivity contribution in [3.05, 3.63) is 58.6 Å². The van der Waals surface area contributed by atoms with Crippen LogP contribution in [0.4, 0.5) is 0 Å². The minimum atomic E-state index is -0.459. The number of hydrogen-bond donors (Lipinski definition) is 0. The maximum absolute atomic E-state index is 13.5. The Morgan fingerprint density at radius 3 is 2.03 bits per heavy atom. The number of carbonyl (C=O) groups is 2. The van der Waals surface area contributed by atoms with Crippen LogP contribution in [0.3, 0.4) is 0 Å². The van der Waals surface area contributed by atoms with E-state index in [1.165, 1.54) is 0 Å². The molecule has 5 heteroatoms. The maximum Gasteiger partial charge on any atom is 0.164 e. The normalized spacial score (nSPS) is 21.6. The molecular formula is C29H36O5. The smallest absolute Gasteiger partial charge is 0.164 e. The third-order valence-corrected chi connectivity index (χ3v) is 6.94. The van der Waals surface area contributed by atoms with Crippen molar-refractivity contribution < 1.29 is 23.8 Å². The minimum Gasteiger partial charge on any atom is -0.493 e. The zero-order chi connectivity index (χ0) is 24.8. The predicted octanol–water partition coefficient (Wildman–Crippen LogP) is 6.22. The van der Waals surface area contributed by atoms with Gasteiger partial charge in [0.2, 0.25) is 0 Å². The van der Waals surface area contributed by atoms with Crippen LogP contribution in [0, 0.1) is 10.8 Å². The summed E-state index contributed by atoms with van der Waals surface area (Å²) in [5.74, 6) is 2.36. The molecule has 1 aliphatic heterocycles. The van der Waals surface area contributed by atoms with E-state index in [1.807, 2.05) is 25.1 Å². The third-order valence-electron chi connectivity index (χ3n) is 6.94. The van der Waals surface area contributed by atoms with Crippen LogP contribution in [0.5, 0.6) is 11.5 Å². The summed E-state index contributed by atoms with van der Waals surface area (Å²) in [7, 11) is 1.61. The van der Waals surface area contributed by atoms with Crippen molar-refractivity contribution >= 4 is 11.6 Å². The molecule has 0 saturated carbocycles. The number of allylic oxidation sites excluding steroid dienone is 5. The van der Waals surface area contributed by atoms with Crippen LogP contribution in [-0.4, -0.2) is 25.3 Å². The van der Waals surface area contributed by atoms with Gasteiger partial charge in [-0.1, -0.05) is 39.8 Å². The van der Waals surface area contributed by atoms with E-state index in [4.69, 9.17) is 14.2 Å². The van der Waals surface area contributed by atoms with Gasteiger partial charge in [-0.25, -0.2) is 0 Å². The second kappa shape index (κ2) is 8.75. The second-order valence-electron chi connectivity index (χ2n) is 11.2. The average Bonchev–Trinajstić information content (AvgIpc) is 2.71. The van der Waals surface area contributed by atoms with Gasteiger partial charge in [0.25, 0.3) is 0 Å². The number of ether oxygens (including phenoxy) is 3. The molecule has 0 aromatic heterocycles. The zero-order valence-corrected chi connectivity index (χ0v) is 21.3. The molecule has 1 heterocycles. The van der Waals surface area contributed by atoms with Crippen molar-refractivity contribution in [3.8, 4) is 11.5 Å². The molecular weight excluding hydrogens is 428 g/mol. The first-order chi connectivity index (χ1) is 16.0. The van der Waals surface area contributed by atoms with E-state index in [0.29, 0.717) is 72.9 Å². The predicted molar refractivity (Wildman–Crippen MR) is 132 cm³/mol. The molecule has 0 atom stereocenters. The van der Waals surface area contributed by atoms with Crippen LogP contribution < -0.4 is 9.47 Å². The largest absolute Gasteiger partial charge is 0.493 e. The maximum atomic E-state index is 13.5. The van der Waals surface area contributed by atoms with Crippen molar-refractivity contribution in [2.75, 3.05) is 13.7 Å². The molecule has 0 radical (unpaired) electrons. The summed E-state index contributed by atoms with van der Waals surface area (Å²) in [6.45, 7) is 14.7. The van der Waals surface area contributed by atoms with Crippen LogP contribution in [0.25, 0.3) is 0 Å². The Morgan fingerprint density at radius 2 is 1.56 bits per heavy atom. The number of carbonyl (C=O) groups excluding carboxylic acids is 2. The zero-order valence-electron chi connectivity index (χ0n) is 21.3. The Balaban J connectivity index is 1.96. The number of benzene rings is 1. The van der Waals surface area contributed by atoms with Crippen molar-refractivity contribution in [3.63, 3.8) is 0 Å². The van der Waals surface area contributed by atoms with Gasteiger partial charge in [-0.2, -0.15) is 0 Å². The average molecular weight is 465 g/mol. The molecule has 0 N–H and O–H groups in total. The summed E-state index contributed by atoms with van der Waals surface area (Å²) in [6.07, 6.45) is 4.61. The first-order valence-electron chi connectivity index (χ1n) is 12.1. The van der Waals surface area contributed by atoms with Crippen molar-refractivity contribution in [2.24, 2.45) is 10.8 Å². The van der Waals surface area contributed by atoms with E-state index in [-0.39, 0.29) is 22.4 Å². The molecule has 0 saturated heterocycles. The molecule has 4 rings (SSSR count). The van der Waals surface area contributed by atoms with Crippen molar-refractivity contribution in [1.29, 1.82) is 0 Å². The summed E-state index contributed by atoms with van der Waals surface area (Å²) in [6, 6.07) is 3.96. The summed E-state index contributed by atoms with van der Waals surface area (Å²) in [5, 5.41) is 0. The summed E-state index contributed by atoms with van der Waals surface area (Å²) < 4.78 is 18.0. The highest BCUT2D eigenvalue weighted by molar-refractivity contribution is 6.06. The van der Waals surface area contributed by atoms with E-state index in [1.54, 1.807) is 7.11 Å². The fourth-order valence-electron chi connectivity index (χ4n) is 5.63. The van der Waals surface area contributed by atoms with Crippen molar-refractivity contribution in [2.45, 2.75) is 72.6 Å². The van der Waals surface area contributed by atoms with E-state index < -0.39 is 5.92 Å². The molecule has 34 heavy (non-hydrogen) atoms. The van der Waals surface area contributed by atoms with Gasteiger partial charge in [-0.15, -0.1) is 6.58 Å². The monoisotopic (exact) mass is 464 g/mol. The molecule has 0 amide bonds. The molecule has 2 aliphatic carbocycles. The number of rotatable bonds is 6. The standard InChI is InChI=1S/C29H36O5/c1-8-10-17-11-18(12-21(32-7)27(17)33-9-2)24-25-19(30)13-28(3,4)15-22(25)34-23-16-29(5,6)14-20(31)26(23)24/h8,11-12,24H,1,9-10,13-16H2,2-7H3. The molecule has 0 fully saturated rings. The highest BCUT2D eigenvalue weighted by atomic mass is 16.5. The second-order valence-corrected chi connectivity index (χ2v) is 11.2. The highest BCUT2D eigenvalue weighted by Crippen LogP contribution is 2.54. The lowest BCUT2D eigenvalue weighted by Crippen LogP contribution is -2.37. The molecule has 0 spiro atoms. The number of hydrogen-bond acceptors (Lipinski definition) is 5. The Labute approximate surface area is 202 Å². The molecule has 0 unspecified atom stereocenters. The highest BCUT2D eigenvalue weighted by Gasteiger charge is 2.48. The van der Waals surface area contributed by atoms with Crippen LogP contribution in [0.2, 0.25) is 0 Å².